The van der Waals surface area contributed by atoms with Gasteiger partial charge in [0, 0.05) is 10.5 Å². The van der Waals surface area contributed by atoms with Gasteiger partial charge in [0.2, 0.25) is 0 Å². The molecule has 2 rings (SSSR count). The number of carbonyl (C=O) groups is 1. The van der Waals surface area contributed by atoms with Gasteiger partial charge >= 0.3 is 6.03 Å². The van der Waals surface area contributed by atoms with Crippen LogP contribution in [0.5, 0.6) is 0 Å². The molecule has 4 heteroatoms. The molecule has 1 aliphatic carbocycles. The second-order valence-electron chi connectivity index (χ2n) is 5.23. The summed E-state index contributed by atoms with van der Waals surface area (Å²) in [7, 11) is 0. The number of carbonyl (C=O) groups excluding carboxylic acids is 1. The first-order valence-corrected chi connectivity index (χ1v) is 7.77. The number of rotatable bonds is 3. The van der Waals surface area contributed by atoms with Crippen LogP contribution in [0.2, 0.25) is 0 Å². The zero-order valence-electron chi connectivity index (χ0n) is 11.3. The summed E-state index contributed by atoms with van der Waals surface area (Å²) in [6, 6.07) is 8.36. The predicted octanol–water partition coefficient (Wildman–Crippen LogP) is 4.14. The van der Waals surface area contributed by atoms with Crippen molar-refractivity contribution in [3.8, 4) is 0 Å². The maximum Gasteiger partial charge on any atom is 0.315 e. The normalized spacial score (nSPS) is 17.8. The van der Waals surface area contributed by atoms with E-state index in [4.69, 9.17) is 0 Å². The van der Waals surface area contributed by atoms with Crippen LogP contribution in [0.25, 0.3) is 0 Å². The van der Waals surface area contributed by atoms with Crippen molar-refractivity contribution in [1.82, 2.24) is 10.6 Å². The Kier molecular flexibility index (Phi) is 5.25. The van der Waals surface area contributed by atoms with Crippen LogP contribution in [0.15, 0.2) is 28.7 Å². The Balaban J connectivity index is 1.82. The van der Waals surface area contributed by atoms with E-state index in [9.17, 15) is 4.79 Å². The van der Waals surface area contributed by atoms with Crippen LogP contribution in [-0.2, 0) is 0 Å². The van der Waals surface area contributed by atoms with Crippen LogP contribution in [0.4, 0.5) is 4.79 Å². The van der Waals surface area contributed by atoms with Crippen molar-refractivity contribution in [2.75, 3.05) is 0 Å². The standard InChI is InChI=1S/C15H21BrN2O/c1-11(12-7-9-13(16)10-8-12)17-15(19)18-14-5-3-2-4-6-14/h7-11,14H,2-6H2,1H3,(H2,17,18,19). The lowest BCUT2D eigenvalue weighted by atomic mass is 9.96. The van der Waals surface area contributed by atoms with E-state index < -0.39 is 0 Å². The summed E-state index contributed by atoms with van der Waals surface area (Å²) in [5.41, 5.74) is 1.11. The maximum absolute atomic E-state index is 11.9. The molecule has 1 aromatic rings. The molecule has 0 aromatic heterocycles. The molecule has 1 unspecified atom stereocenters. The van der Waals surface area contributed by atoms with Gasteiger partial charge in [0.05, 0.1) is 6.04 Å². The number of amides is 2. The Bertz CT molecular complexity index is 413. The van der Waals surface area contributed by atoms with Crippen LogP contribution in [-0.4, -0.2) is 12.1 Å². The minimum atomic E-state index is -0.0534. The molecule has 2 N–H and O–H groups in total. The highest BCUT2D eigenvalue weighted by molar-refractivity contribution is 9.10. The second kappa shape index (κ2) is 6.94. The molecular formula is C15H21BrN2O. The first kappa shape index (κ1) is 14.4. The van der Waals surface area contributed by atoms with Gasteiger partial charge in [-0.05, 0) is 37.5 Å². The molecule has 0 heterocycles. The fourth-order valence-electron chi connectivity index (χ4n) is 2.51. The zero-order chi connectivity index (χ0) is 13.7. The van der Waals surface area contributed by atoms with E-state index >= 15 is 0 Å². The fraction of sp³-hybridized carbons (Fsp3) is 0.533. The van der Waals surface area contributed by atoms with Crippen LogP contribution in [0.1, 0.15) is 50.6 Å². The summed E-state index contributed by atoms with van der Waals surface area (Å²) in [6.07, 6.45) is 5.98. The summed E-state index contributed by atoms with van der Waals surface area (Å²) >= 11 is 3.41. The SMILES string of the molecule is CC(NC(=O)NC1CCCCC1)c1ccc(Br)cc1. The van der Waals surface area contributed by atoms with Gasteiger partial charge in [-0.25, -0.2) is 4.79 Å². The first-order chi connectivity index (χ1) is 9.15. The van der Waals surface area contributed by atoms with Gasteiger partial charge in [-0.2, -0.15) is 0 Å². The average molecular weight is 325 g/mol. The smallest absolute Gasteiger partial charge is 0.315 e. The van der Waals surface area contributed by atoms with Crippen molar-refractivity contribution >= 4 is 22.0 Å². The van der Waals surface area contributed by atoms with Crippen molar-refractivity contribution < 1.29 is 4.79 Å². The van der Waals surface area contributed by atoms with E-state index in [1.165, 1.54) is 19.3 Å². The van der Waals surface area contributed by atoms with Crippen molar-refractivity contribution in [3.05, 3.63) is 34.3 Å². The van der Waals surface area contributed by atoms with Crippen molar-refractivity contribution in [2.24, 2.45) is 0 Å². The minimum absolute atomic E-state index is 0.0247. The molecule has 19 heavy (non-hydrogen) atoms. The van der Waals surface area contributed by atoms with Crippen LogP contribution >= 0.6 is 15.9 Å². The number of halogens is 1. The van der Waals surface area contributed by atoms with E-state index in [0.29, 0.717) is 6.04 Å². The van der Waals surface area contributed by atoms with Gasteiger partial charge in [0.1, 0.15) is 0 Å². The molecule has 0 radical (unpaired) electrons. The van der Waals surface area contributed by atoms with Crippen LogP contribution < -0.4 is 10.6 Å². The third-order valence-electron chi connectivity index (χ3n) is 3.66. The van der Waals surface area contributed by atoms with Crippen molar-refractivity contribution in [2.45, 2.75) is 51.1 Å². The Morgan fingerprint density at radius 3 is 2.47 bits per heavy atom. The van der Waals surface area contributed by atoms with Crippen molar-refractivity contribution in [1.29, 1.82) is 0 Å². The third-order valence-corrected chi connectivity index (χ3v) is 4.19. The number of benzene rings is 1. The highest BCUT2D eigenvalue weighted by Gasteiger charge is 2.16. The van der Waals surface area contributed by atoms with E-state index in [-0.39, 0.29) is 12.1 Å². The molecule has 0 saturated heterocycles. The molecule has 1 saturated carbocycles. The molecule has 1 aromatic carbocycles. The van der Waals surface area contributed by atoms with Crippen LogP contribution in [0.3, 0.4) is 0 Å². The van der Waals surface area contributed by atoms with E-state index in [2.05, 4.69) is 26.6 Å². The summed E-state index contributed by atoms with van der Waals surface area (Å²) in [5.74, 6) is 0. The third kappa shape index (κ3) is 4.53. The Morgan fingerprint density at radius 1 is 1.21 bits per heavy atom. The molecule has 104 valence electrons. The largest absolute Gasteiger partial charge is 0.335 e. The highest BCUT2D eigenvalue weighted by atomic mass is 79.9. The molecule has 2 amide bonds. The molecule has 1 fully saturated rings. The number of nitrogens with one attached hydrogen (secondary N) is 2. The zero-order valence-corrected chi connectivity index (χ0v) is 12.9. The first-order valence-electron chi connectivity index (χ1n) is 6.97. The molecule has 3 nitrogen and oxygen atoms in total. The Labute approximate surface area is 123 Å². The van der Waals surface area contributed by atoms with E-state index in [0.717, 1.165) is 22.9 Å². The summed E-state index contributed by atoms with van der Waals surface area (Å²) < 4.78 is 1.05. The second-order valence-corrected chi connectivity index (χ2v) is 6.14. The fourth-order valence-corrected chi connectivity index (χ4v) is 2.77. The molecule has 0 spiro atoms. The van der Waals surface area contributed by atoms with Gasteiger partial charge in [0.25, 0.3) is 0 Å². The summed E-state index contributed by atoms with van der Waals surface area (Å²) in [6.45, 7) is 2.00. The van der Waals surface area contributed by atoms with Crippen molar-refractivity contribution in [3.63, 3.8) is 0 Å². The van der Waals surface area contributed by atoms with E-state index in [1.54, 1.807) is 0 Å². The number of hydrogen-bond donors (Lipinski definition) is 2. The van der Waals surface area contributed by atoms with Crippen LogP contribution in [0, 0.1) is 0 Å². The van der Waals surface area contributed by atoms with Gasteiger partial charge in [-0.1, -0.05) is 47.3 Å². The highest BCUT2D eigenvalue weighted by Crippen LogP contribution is 2.18. The topological polar surface area (TPSA) is 41.1 Å². The lowest BCUT2D eigenvalue weighted by Crippen LogP contribution is -2.43. The van der Waals surface area contributed by atoms with Gasteiger partial charge in [0.15, 0.2) is 0 Å². The van der Waals surface area contributed by atoms with E-state index in [1.807, 2.05) is 31.2 Å². The average Bonchev–Trinajstić information content (AvgIpc) is 2.40. The van der Waals surface area contributed by atoms with Gasteiger partial charge < -0.3 is 10.6 Å². The predicted molar refractivity (Wildman–Crippen MR) is 81.1 cm³/mol. The Morgan fingerprint density at radius 2 is 1.84 bits per heavy atom. The summed E-state index contributed by atoms with van der Waals surface area (Å²) in [5, 5.41) is 6.07. The number of urea groups is 1. The molecule has 0 aliphatic heterocycles. The lowest BCUT2D eigenvalue weighted by molar-refractivity contribution is 0.229. The maximum atomic E-state index is 11.9. The molecule has 1 atom stereocenters. The summed E-state index contributed by atoms with van der Waals surface area (Å²) in [4.78, 5) is 11.9. The lowest BCUT2D eigenvalue weighted by Gasteiger charge is -2.24. The minimum Gasteiger partial charge on any atom is -0.335 e. The molecule has 1 aliphatic rings. The van der Waals surface area contributed by atoms with Gasteiger partial charge in [-0.3, -0.25) is 0 Å². The molecular weight excluding hydrogens is 304 g/mol. The number of hydrogen-bond acceptors (Lipinski definition) is 1. The monoisotopic (exact) mass is 324 g/mol. The van der Waals surface area contributed by atoms with Gasteiger partial charge in [-0.15, -0.1) is 0 Å². The Hall–Kier alpha value is -1.03. The quantitative estimate of drug-likeness (QED) is 0.861. The molecule has 0 bridgehead atoms.